The number of pyridine rings is 1. The van der Waals surface area contributed by atoms with Crippen LogP contribution in [-0.4, -0.2) is 20.5 Å². The number of hydrogen-bond donors (Lipinski definition) is 0. The van der Waals surface area contributed by atoms with Crippen LogP contribution in [0, 0.1) is 3.57 Å². The fourth-order valence-electron chi connectivity index (χ4n) is 2.09. The number of benzene rings is 1. The molecule has 0 aliphatic heterocycles. The van der Waals surface area contributed by atoms with Crippen LogP contribution in [0.15, 0.2) is 54.9 Å². The standard InChI is InChI=1S/C16H11ClIN3O/c17-16-14(6-3-8-19-16)21-9-7-11(20-21)10-15(22)12-4-1-2-5-13(12)18/h1-9H,10H2. The van der Waals surface area contributed by atoms with Crippen molar-refractivity contribution >= 4 is 40.0 Å². The molecule has 0 spiro atoms. The van der Waals surface area contributed by atoms with Gasteiger partial charge in [0.2, 0.25) is 0 Å². The van der Waals surface area contributed by atoms with Gasteiger partial charge in [-0.05, 0) is 46.9 Å². The molecular formula is C16H11ClIN3O. The van der Waals surface area contributed by atoms with Crippen molar-refractivity contribution in [1.82, 2.24) is 14.8 Å². The van der Waals surface area contributed by atoms with Gasteiger partial charge in [-0.15, -0.1) is 0 Å². The van der Waals surface area contributed by atoms with Crippen LogP contribution in [0.3, 0.4) is 0 Å². The first-order valence-corrected chi connectivity index (χ1v) is 8.04. The highest BCUT2D eigenvalue weighted by molar-refractivity contribution is 14.1. The largest absolute Gasteiger partial charge is 0.294 e. The summed E-state index contributed by atoms with van der Waals surface area (Å²) in [5.74, 6) is 0.0486. The predicted molar refractivity (Wildman–Crippen MR) is 93.6 cm³/mol. The molecule has 0 atom stereocenters. The van der Waals surface area contributed by atoms with Crippen molar-refractivity contribution in [3.63, 3.8) is 0 Å². The maximum Gasteiger partial charge on any atom is 0.169 e. The zero-order valence-electron chi connectivity index (χ0n) is 11.4. The smallest absolute Gasteiger partial charge is 0.169 e. The normalized spacial score (nSPS) is 10.6. The number of aromatic nitrogens is 3. The summed E-state index contributed by atoms with van der Waals surface area (Å²) in [5, 5.41) is 4.78. The maximum atomic E-state index is 12.4. The van der Waals surface area contributed by atoms with Gasteiger partial charge in [0, 0.05) is 21.5 Å². The summed E-state index contributed by atoms with van der Waals surface area (Å²) >= 11 is 8.22. The van der Waals surface area contributed by atoms with Crippen LogP contribution >= 0.6 is 34.2 Å². The summed E-state index contributed by atoms with van der Waals surface area (Å²) in [6, 6.07) is 13.0. The van der Waals surface area contributed by atoms with Crippen LogP contribution in [0.1, 0.15) is 16.1 Å². The molecule has 0 saturated carbocycles. The molecule has 0 radical (unpaired) electrons. The van der Waals surface area contributed by atoms with Gasteiger partial charge in [-0.25, -0.2) is 9.67 Å². The third-order valence-corrected chi connectivity index (χ3v) is 4.38. The van der Waals surface area contributed by atoms with E-state index in [-0.39, 0.29) is 12.2 Å². The Labute approximate surface area is 146 Å². The lowest BCUT2D eigenvalue weighted by molar-refractivity contribution is 0.0991. The summed E-state index contributed by atoms with van der Waals surface area (Å²) in [6.07, 6.45) is 3.66. The van der Waals surface area contributed by atoms with Crippen molar-refractivity contribution in [3.8, 4) is 5.69 Å². The van der Waals surface area contributed by atoms with Crippen LogP contribution < -0.4 is 0 Å². The average molecular weight is 424 g/mol. The molecule has 0 saturated heterocycles. The second-order valence-corrected chi connectivity index (χ2v) is 6.16. The molecule has 6 heteroatoms. The molecule has 0 aliphatic rings. The molecule has 0 aliphatic carbocycles. The van der Waals surface area contributed by atoms with E-state index in [9.17, 15) is 4.79 Å². The van der Waals surface area contributed by atoms with E-state index in [2.05, 4.69) is 32.7 Å². The Bertz CT molecular complexity index is 832. The number of nitrogens with zero attached hydrogens (tertiary/aromatic N) is 3. The Morgan fingerprint density at radius 1 is 1.18 bits per heavy atom. The van der Waals surface area contributed by atoms with E-state index in [1.54, 1.807) is 23.1 Å². The first kappa shape index (κ1) is 15.2. The highest BCUT2D eigenvalue weighted by atomic mass is 127. The molecule has 1 aromatic carbocycles. The van der Waals surface area contributed by atoms with Gasteiger partial charge in [0.05, 0.1) is 12.1 Å². The predicted octanol–water partition coefficient (Wildman–Crippen LogP) is 3.95. The third kappa shape index (κ3) is 3.20. The van der Waals surface area contributed by atoms with Crippen LogP contribution in [0.5, 0.6) is 0 Å². The van der Waals surface area contributed by atoms with Gasteiger partial charge >= 0.3 is 0 Å². The number of Topliss-reactive ketones (excluding diaryl/α,β-unsaturated/α-hetero) is 1. The molecule has 3 aromatic rings. The van der Waals surface area contributed by atoms with Gasteiger partial charge in [0.1, 0.15) is 5.69 Å². The number of carbonyl (C=O) groups is 1. The second kappa shape index (κ2) is 6.58. The summed E-state index contributed by atoms with van der Waals surface area (Å²) < 4.78 is 2.58. The van der Waals surface area contributed by atoms with E-state index in [1.165, 1.54) is 0 Å². The lowest BCUT2D eigenvalue weighted by atomic mass is 10.1. The molecule has 0 bridgehead atoms. The van der Waals surface area contributed by atoms with Crippen LogP contribution in [0.4, 0.5) is 0 Å². The van der Waals surface area contributed by atoms with Gasteiger partial charge in [-0.1, -0.05) is 29.8 Å². The van der Waals surface area contributed by atoms with Crippen LogP contribution in [0.25, 0.3) is 5.69 Å². The van der Waals surface area contributed by atoms with Crippen LogP contribution in [0.2, 0.25) is 5.15 Å². The molecular weight excluding hydrogens is 413 g/mol. The SMILES string of the molecule is O=C(Cc1ccn(-c2cccnc2Cl)n1)c1ccccc1I. The number of halogens is 2. The lowest BCUT2D eigenvalue weighted by Gasteiger charge is -2.03. The van der Waals surface area contributed by atoms with Gasteiger partial charge < -0.3 is 0 Å². The Hall–Kier alpha value is -1.73. The number of rotatable bonds is 4. The van der Waals surface area contributed by atoms with E-state index in [0.717, 1.165) is 9.13 Å². The molecule has 0 fully saturated rings. The Morgan fingerprint density at radius 3 is 2.77 bits per heavy atom. The van der Waals surface area contributed by atoms with Gasteiger partial charge in [-0.3, -0.25) is 4.79 Å². The monoisotopic (exact) mass is 423 g/mol. The van der Waals surface area contributed by atoms with Crippen molar-refractivity contribution in [2.45, 2.75) is 6.42 Å². The van der Waals surface area contributed by atoms with Crippen molar-refractivity contribution in [3.05, 3.63) is 74.8 Å². The Kier molecular flexibility index (Phi) is 4.54. The number of hydrogen-bond acceptors (Lipinski definition) is 3. The topological polar surface area (TPSA) is 47.8 Å². The molecule has 0 N–H and O–H groups in total. The molecule has 0 unspecified atom stereocenters. The number of carbonyl (C=O) groups excluding carboxylic acids is 1. The fraction of sp³-hybridized carbons (Fsp3) is 0.0625. The molecule has 110 valence electrons. The zero-order chi connectivity index (χ0) is 15.5. The van der Waals surface area contributed by atoms with E-state index in [4.69, 9.17) is 11.6 Å². The van der Waals surface area contributed by atoms with Gasteiger partial charge in [-0.2, -0.15) is 5.10 Å². The van der Waals surface area contributed by atoms with E-state index in [0.29, 0.717) is 16.5 Å². The molecule has 3 rings (SSSR count). The molecule has 2 aromatic heterocycles. The van der Waals surface area contributed by atoms with Crippen molar-refractivity contribution < 1.29 is 4.79 Å². The molecule has 4 nitrogen and oxygen atoms in total. The molecule has 22 heavy (non-hydrogen) atoms. The van der Waals surface area contributed by atoms with Crippen LogP contribution in [-0.2, 0) is 6.42 Å². The average Bonchev–Trinajstić information content (AvgIpc) is 2.96. The molecule has 0 amide bonds. The highest BCUT2D eigenvalue weighted by Gasteiger charge is 2.13. The lowest BCUT2D eigenvalue weighted by Crippen LogP contribution is -2.07. The first-order chi connectivity index (χ1) is 10.6. The first-order valence-electron chi connectivity index (χ1n) is 6.58. The minimum absolute atomic E-state index is 0.0486. The summed E-state index contributed by atoms with van der Waals surface area (Å²) in [6.45, 7) is 0. The van der Waals surface area contributed by atoms with Crippen molar-refractivity contribution in [2.24, 2.45) is 0 Å². The highest BCUT2D eigenvalue weighted by Crippen LogP contribution is 2.18. The Balaban J connectivity index is 1.82. The minimum atomic E-state index is 0.0486. The fourth-order valence-corrected chi connectivity index (χ4v) is 2.98. The maximum absolute atomic E-state index is 12.4. The second-order valence-electron chi connectivity index (χ2n) is 4.64. The zero-order valence-corrected chi connectivity index (χ0v) is 14.3. The minimum Gasteiger partial charge on any atom is -0.294 e. The van der Waals surface area contributed by atoms with E-state index in [1.807, 2.05) is 36.4 Å². The van der Waals surface area contributed by atoms with Crippen molar-refractivity contribution in [2.75, 3.05) is 0 Å². The van der Waals surface area contributed by atoms with Gasteiger partial charge in [0.15, 0.2) is 10.9 Å². The summed E-state index contributed by atoms with van der Waals surface area (Å²) in [4.78, 5) is 16.4. The van der Waals surface area contributed by atoms with E-state index < -0.39 is 0 Å². The summed E-state index contributed by atoms with van der Waals surface area (Å²) in [7, 11) is 0. The quantitative estimate of drug-likeness (QED) is 0.363. The number of ketones is 1. The van der Waals surface area contributed by atoms with E-state index >= 15 is 0 Å². The third-order valence-electron chi connectivity index (χ3n) is 3.15. The molecule has 2 heterocycles. The summed E-state index contributed by atoms with van der Waals surface area (Å²) in [5.41, 5.74) is 2.11. The Morgan fingerprint density at radius 2 is 2.00 bits per heavy atom. The van der Waals surface area contributed by atoms with Gasteiger partial charge in [0.25, 0.3) is 0 Å². The van der Waals surface area contributed by atoms with Crippen molar-refractivity contribution in [1.29, 1.82) is 0 Å².